The molecule has 3 rings (SSSR count). The summed E-state index contributed by atoms with van der Waals surface area (Å²) in [6.45, 7) is 0. The van der Waals surface area contributed by atoms with E-state index in [4.69, 9.17) is 5.84 Å². The number of thioether (sulfide) groups is 1. The average molecular weight is 366 g/mol. The van der Waals surface area contributed by atoms with Crippen molar-refractivity contribution in [2.24, 2.45) is 10.8 Å². The number of amidine groups is 1. The van der Waals surface area contributed by atoms with Crippen LogP contribution >= 0.6 is 11.8 Å². The van der Waals surface area contributed by atoms with E-state index in [1.165, 1.54) is 6.07 Å². The Morgan fingerprint density at radius 3 is 2.31 bits per heavy atom. The van der Waals surface area contributed by atoms with E-state index in [0.29, 0.717) is 5.84 Å². The van der Waals surface area contributed by atoms with Gasteiger partial charge in [0.1, 0.15) is 17.3 Å². The summed E-state index contributed by atoms with van der Waals surface area (Å²) in [4.78, 5) is 5.59. The van der Waals surface area contributed by atoms with Gasteiger partial charge in [0.2, 0.25) is 0 Å². The van der Waals surface area contributed by atoms with Gasteiger partial charge in [0.15, 0.2) is 0 Å². The molecular formula is C20H19FN4S. The van der Waals surface area contributed by atoms with E-state index in [1.807, 2.05) is 42.7 Å². The third-order valence-electron chi connectivity index (χ3n) is 3.85. The van der Waals surface area contributed by atoms with E-state index in [2.05, 4.69) is 28.1 Å². The standard InChI is InChI=1S/C20H19FN4S/c1-26-19-13-7-4-9-15(19)14-8-2-3-10-16(14)20(24-25-22)23-18-12-6-5-11-17(18)21/h2-13,25H,22H2,1H3,(H,23,24). The summed E-state index contributed by atoms with van der Waals surface area (Å²) in [6, 6.07) is 22.3. The third-order valence-corrected chi connectivity index (χ3v) is 4.65. The van der Waals surface area contributed by atoms with Crippen LogP contribution in [0.5, 0.6) is 0 Å². The lowest BCUT2D eigenvalue weighted by Gasteiger charge is -2.15. The maximum atomic E-state index is 14.1. The quantitative estimate of drug-likeness (QED) is 0.208. The minimum Gasteiger partial charge on any atom is -0.292 e. The molecule has 4 N–H and O–H groups in total. The second-order valence-corrected chi connectivity index (χ2v) is 6.28. The first kappa shape index (κ1) is 18.1. The van der Waals surface area contributed by atoms with Gasteiger partial charge < -0.3 is 0 Å². The van der Waals surface area contributed by atoms with Gasteiger partial charge >= 0.3 is 0 Å². The first-order chi connectivity index (χ1) is 12.7. The highest BCUT2D eigenvalue weighted by Gasteiger charge is 2.14. The van der Waals surface area contributed by atoms with Gasteiger partial charge in [-0.25, -0.2) is 9.38 Å². The molecule has 26 heavy (non-hydrogen) atoms. The number of nitrogens with zero attached hydrogens (tertiary/aromatic N) is 1. The predicted molar refractivity (Wildman–Crippen MR) is 107 cm³/mol. The summed E-state index contributed by atoms with van der Waals surface area (Å²) in [7, 11) is 0. The number of hydrazine groups is 2. The number of hydrogen-bond donors (Lipinski definition) is 3. The molecule has 4 nitrogen and oxygen atoms in total. The maximum Gasteiger partial charge on any atom is 0.149 e. The number of hydrogen-bond acceptors (Lipinski definition) is 4. The molecule has 0 aliphatic rings. The number of nitrogens with one attached hydrogen (secondary N) is 2. The smallest absolute Gasteiger partial charge is 0.149 e. The predicted octanol–water partition coefficient (Wildman–Crippen LogP) is 4.26. The van der Waals surface area contributed by atoms with Gasteiger partial charge in [0.25, 0.3) is 0 Å². The Hall–Kier alpha value is -2.67. The lowest BCUT2D eigenvalue weighted by molar-refractivity contribution is 0.629. The molecule has 0 aromatic heterocycles. The zero-order chi connectivity index (χ0) is 18.4. The van der Waals surface area contributed by atoms with Crippen molar-refractivity contribution in [1.82, 2.24) is 11.0 Å². The van der Waals surface area contributed by atoms with Crippen LogP contribution in [0.25, 0.3) is 11.1 Å². The van der Waals surface area contributed by atoms with E-state index in [0.717, 1.165) is 21.6 Å². The topological polar surface area (TPSA) is 62.4 Å². The first-order valence-corrected chi connectivity index (χ1v) is 9.24. The molecule has 0 fully saturated rings. The minimum absolute atomic E-state index is 0.234. The molecule has 0 saturated carbocycles. The van der Waals surface area contributed by atoms with E-state index in [-0.39, 0.29) is 5.69 Å². The van der Waals surface area contributed by atoms with E-state index in [1.54, 1.807) is 30.0 Å². The minimum atomic E-state index is -0.397. The lowest BCUT2D eigenvalue weighted by Crippen LogP contribution is -2.42. The van der Waals surface area contributed by atoms with E-state index < -0.39 is 5.82 Å². The molecule has 0 bridgehead atoms. The van der Waals surface area contributed by atoms with Crippen LogP contribution < -0.4 is 16.8 Å². The van der Waals surface area contributed by atoms with Crippen molar-refractivity contribution in [2.75, 3.05) is 6.26 Å². The van der Waals surface area contributed by atoms with Crippen LogP contribution in [0.2, 0.25) is 0 Å². The second-order valence-electron chi connectivity index (χ2n) is 5.43. The molecule has 0 radical (unpaired) electrons. The Labute approximate surface area is 156 Å². The molecule has 0 aliphatic heterocycles. The molecule has 0 aliphatic carbocycles. The zero-order valence-electron chi connectivity index (χ0n) is 14.2. The van der Waals surface area contributed by atoms with Crippen LogP contribution in [0.4, 0.5) is 10.1 Å². The SMILES string of the molecule is CSc1ccccc1-c1ccccc1C(=Nc1ccccc1F)NNN. The Kier molecular flexibility index (Phi) is 6.01. The van der Waals surface area contributed by atoms with Crippen molar-refractivity contribution in [3.05, 3.63) is 84.2 Å². The van der Waals surface area contributed by atoms with Crippen LogP contribution in [0.3, 0.4) is 0 Å². The maximum absolute atomic E-state index is 14.1. The molecule has 3 aromatic carbocycles. The summed E-state index contributed by atoms with van der Waals surface area (Å²) in [5, 5.41) is 0. The lowest BCUT2D eigenvalue weighted by atomic mass is 9.99. The number of rotatable bonds is 5. The Bertz CT molecular complexity index is 927. The fourth-order valence-electron chi connectivity index (χ4n) is 2.68. The number of para-hydroxylation sites is 1. The fourth-order valence-corrected chi connectivity index (χ4v) is 3.29. The summed E-state index contributed by atoms with van der Waals surface area (Å²) in [6.07, 6.45) is 2.04. The van der Waals surface area contributed by atoms with Crippen molar-refractivity contribution >= 4 is 23.3 Å². The molecule has 0 heterocycles. The van der Waals surface area contributed by atoms with Crippen LogP contribution in [0.15, 0.2) is 82.7 Å². The van der Waals surface area contributed by atoms with Gasteiger partial charge in [-0.05, 0) is 35.6 Å². The van der Waals surface area contributed by atoms with Gasteiger partial charge in [0.05, 0.1) is 0 Å². The van der Waals surface area contributed by atoms with Gasteiger partial charge in [-0.15, -0.1) is 11.8 Å². The van der Waals surface area contributed by atoms with Gasteiger partial charge in [-0.1, -0.05) is 54.6 Å². The van der Waals surface area contributed by atoms with Crippen molar-refractivity contribution < 1.29 is 4.39 Å². The molecule has 132 valence electrons. The van der Waals surface area contributed by atoms with Crippen LogP contribution in [0, 0.1) is 5.82 Å². The second kappa shape index (κ2) is 8.62. The van der Waals surface area contributed by atoms with Crippen molar-refractivity contribution in [2.45, 2.75) is 4.90 Å². The number of benzene rings is 3. The van der Waals surface area contributed by atoms with E-state index >= 15 is 0 Å². The fraction of sp³-hybridized carbons (Fsp3) is 0.0500. The van der Waals surface area contributed by atoms with Crippen molar-refractivity contribution in [3.8, 4) is 11.1 Å². The molecule has 0 saturated heterocycles. The summed E-state index contributed by atoms with van der Waals surface area (Å²) in [5.41, 5.74) is 8.34. The number of aliphatic imine (C=N–C) groups is 1. The van der Waals surface area contributed by atoms with E-state index in [9.17, 15) is 4.39 Å². The van der Waals surface area contributed by atoms with Crippen LogP contribution in [-0.2, 0) is 0 Å². The van der Waals surface area contributed by atoms with Crippen LogP contribution in [0.1, 0.15) is 5.56 Å². The molecule has 3 aromatic rings. The highest BCUT2D eigenvalue weighted by Crippen LogP contribution is 2.32. The normalized spacial score (nSPS) is 11.4. The first-order valence-electron chi connectivity index (χ1n) is 8.02. The molecule has 0 unspecified atom stereocenters. The summed E-state index contributed by atoms with van der Waals surface area (Å²) >= 11 is 1.67. The molecule has 0 atom stereocenters. The third kappa shape index (κ3) is 3.94. The number of nitrogens with two attached hydrogens (primary N) is 1. The van der Waals surface area contributed by atoms with Gasteiger partial charge in [-0.2, -0.15) is 5.53 Å². The number of halogens is 1. The summed E-state index contributed by atoms with van der Waals surface area (Å²) < 4.78 is 14.1. The largest absolute Gasteiger partial charge is 0.292 e. The Morgan fingerprint density at radius 1 is 0.923 bits per heavy atom. The Morgan fingerprint density at radius 2 is 1.58 bits per heavy atom. The highest BCUT2D eigenvalue weighted by molar-refractivity contribution is 7.98. The summed E-state index contributed by atoms with van der Waals surface area (Å²) in [5.74, 6) is 5.50. The molecular weight excluding hydrogens is 347 g/mol. The Balaban J connectivity index is 2.17. The van der Waals surface area contributed by atoms with Crippen LogP contribution in [-0.4, -0.2) is 12.1 Å². The van der Waals surface area contributed by atoms with Crippen molar-refractivity contribution in [1.29, 1.82) is 0 Å². The average Bonchev–Trinajstić information content (AvgIpc) is 2.69. The monoisotopic (exact) mass is 366 g/mol. The van der Waals surface area contributed by atoms with Gasteiger partial charge in [-0.3, -0.25) is 11.3 Å². The molecule has 0 amide bonds. The van der Waals surface area contributed by atoms with Gasteiger partial charge in [0, 0.05) is 10.5 Å². The zero-order valence-corrected chi connectivity index (χ0v) is 15.1. The highest BCUT2D eigenvalue weighted by atomic mass is 32.2. The van der Waals surface area contributed by atoms with Crippen molar-refractivity contribution in [3.63, 3.8) is 0 Å². The molecule has 6 heteroatoms. The molecule has 0 spiro atoms.